The third-order valence-electron chi connectivity index (χ3n) is 5.40. The second-order valence-corrected chi connectivity index (χ2v) is 7.30. The van der Waals surface area contributed by atoms with E-state index in [1.165, 1.54) is 0 Å². The Kier molecular flexibility index (Phi) is 3.97. The molecule has 6 heteroatoms. The van der Waals surface area contributed by atoms with Crippen LogP contribution in [0.25, 0.3) is 22.6 Å². The molecule has 1 N–H and O–H groups in total. The quantitative estimate of drug-likeness (QED) is 0.559. The van der Waals surface area contributed by atoms with Crippen LogP contribution in [0.2, 0.25) is 0 Å². The molecule has 0 bridgehead atoms. The van der Waals surface area contributed by atoms with Crippen LogP contribution in [0.4, 0.5) is 5.69 Å². The normalized spacial score (nSPS) is 16.7. The van der Waals surface area contributed by atoms with E-state index in [4.69, 9.17) is 10.4 Å². The summed E-state index contributed by atoms with van der Waals surface area (Å²) in [7, 11) is 0. The van der Waals surface area contributed by atoms with E-state index in [9.17, 15) is 4.79 Å². The summed E-state index contributed by atoms with van der Waals surface area (Å²) in [6.45, 7) is 1.99. The fourth-order valence-corrected chi connectivity index (χ4v) is 3.82. The monoisotopic (exact) mass is 391 g/mol. The molecule has 1 aliphatic rings. The first kappa shape index (κ1) is 17.8. The summed E-state index contributed by atoms with van der Waals surface area (Å²) in [5, 5.41) is 17.5. The second kappa shape index (κ2) is 6.68. The Morgan fingerprint density at radius 1 is 0.967 bits per heavy atom. The average Bonchev–Trinajstić information content (AvgIpc) is 2.79. The molecule has 4 aromatic rings. The predicted molar refractivity (Wildman–Crippen MR) is 115 cm³/mol. The predicted octanol–water partition coefficient (Wildman–Crippen LogP) is 3.99. The molecule has 1 aromatic heterocycles. The first-order chi connectivity index (χ1) is 14.6. The van der Waals surface area contributed by atoms with Crippen molar-refractivity contribution in [1.82, 2.24) is 14.8 Å². The van der Waals surface area contributed by atoms with Crippen LogP contribution in [0, 0.1) is 11.3 Å². The fraction of sp³-hybridized carbons (Fsp3) is 0.0833. The van der Waals surface area contributed by atoms with Gasteiger partial charge in [-0.2, -0.15) is 15.3 Å². The molecule has 0 fully saturated rings. The molecule has 0 unspecified atom stereocenters. The van der Waals surface area contributed by atoms with Crippen molar-refractivity contribution >= 4 is 5.69 Å². The molecule has 0 aliphatic carbocycles. The third kappa shape index (κ3) is 2.68. The molecule has 30 heavy (non-hydrogen) atoms. The van der Waals surface area contributed by atoms with E-state index in [1.54, 1.807) is 16.8 Å². The number of hydrogen-bond acceptors (Lipinski definition) is 5. The van der Waals surface area contributed by atoms with Crippen molar-refractivity contribution in [3.8, 4) is 28.7 Å². The maximum absolute atomic E-state index is 12.9. The standard InChI is InChI=1S/C24H17N5O/c1-24(18-13-11-16(15-25)12-14-18)27-20-10-6-5-9-19(20)22-26-23(30)21(28-29(22)24)17-7-3-2-4-8-17/h2-14,27H,1H3/t24-/m1/s1. The fourth-order valence-electron chi connectivity index (χ4n) is 3.82. The van der Waals surface area contributed by atoms with E-state index >= 15 is 0 Å². The van der Waals surface area contributed by atoms with E-state index in [-0.39, 0.29) is 5.56 Å². The molecule has 0 saturated heterocycles. The van der Waals surface area contributed by atoms with E-state index in [0.29, 0.717) is 22.6 Å². The Morgan fingerprint density at radius 2 is 1.67 bits per heavy atom. The van der Waals surface area contributed by atoms with Crippen LogP contribution in [-0.4, -0.2) is 14.8 Å². The number of rotatable bonds is 2. The van der Waals surface area contributed by atoms with E-state index in [1.807, 2.05) is 73.7 Å². The zero-order chi connectivity index (χ0) is 20.7. The lowest BCUT2D eigenvalue weighted by Gasteiger charge is -2.39. The molecular weight excluding hydrogens is 374 g/mol. The van der Waals surface area contributed by atoms with Crippen LogP contribution in [0.5, 0.6) is 0 Å². The maximum atomic E-state index is 12.9. The number of anilines is 1. The summed E-state index contributed by atoms with van der Waals surface area (Å²) in [6.07, 6.45) is 0. The van der Waals surface area contributed by atoms with Crippen molar-refractivity contribution in [2.24, 2.45) is 0 Å². The van der Waals surface area contributed by atoms with Gasteiger partial charge in [-0.15, -0.1) is 0 Å². The minimum absolute atomic E-state index is 0.292. The molecule has 0 radical (unpaired) electrons. The molecule has 0 amide bonds. The van der Waals surface area contributed by atoms with Crippen LogP contribution in [0.1, 0.15) is 18.1 Å². The van der Waals surface area contributed by atoms with E-state index in [0.717, 1.165) is 16.8 Å². The Hall–Kier alpha value is -4.24. The van der Waals surface area contributed by atoms with Crippen molar-refractivity contribution in [3.05, 3.63) is 100 Å². The number of hydrogen-bond donors (Lipinski definition) is 1. The van der Waals surface area contributed by atoms with Crippen LogP contribution in [-0.2, 0) is 5.66 Å². The first-order valence-corrected chi connectivity index (χ1v) is 9.56. The number of nitrogens with one attached hydrogen (secondary N) is 1. The van der Waals surface area contributed by atoms with Crippen LogP contribution >= 0.6 is 0 Å². The average molecular weight is 391 g/mol. The summed E-state index contributed by atoms with van der Waals surface area (Å²) < 4.78 is 1.76. The van der Waals surface area contributed by atoms with Gasteiger partial charge in [-0.3, -0.25) is 4.79 Å². The Morgan fingerprint density at radius 3 is 2.40 bits per heavy atom. The van der Waals surface area contributed by atoms with Gasteiger partial charge in [-0.25, -0.2) is 4.68 Å². The van der Waals surface area contributed by atoms with Crippen molar-refractivity contribution in [2.45, 2.75) is 12.6 Å². The van der Waals surface area contributed by atoms with Crippen molar-refractivity contribution in [2.75, 3.05) is 5.32 Å². The zero-order valence-electron chi connectivity index (χ0n) is 16.2. The van der Waals surface area contributed by atoms with Gasteiger partial charge in [0.25, 0.3) is 5.56 Å². The Balaban J connectivity index is 1.80. The minimum Gasteiger partial charge on any atom is -0.357 e. The summed E-state index contributed by atoms with van der Waals surface area (Å²) in [6, 6.07) is 26.5. The molecule has 1 aliphatic heterocycles. The molecule has 144 valence electrons. The molecule has 3 aromatic carbocycles. The number of fused-ring (bicyclic) bond motifs is 3. The van der Waals surface area contributed by atoms with Crippen molar-refractivity contribution in [1.29, 1.82) is 5.26 Å². The number of nitrogens with zero attached hydrogens (tertiary/aromatic N) is 4. The SMILES string of the molecule is C[C@@]1(c2ccc(C#N)cc2)Nc2ccccc2-c2nc(=O)c(-c3ccccc3)nn21. The highest BCUT2D eigenvalue weighted by atomic mass is 16.1. The van der Waals surface area contributed by atoms with Gasteiger partial charge >= 0.3 is 0 Å². The molecule has 1 atom stereocenters. The topological polar surface area (TPSA) is 83.6 Å². The number of nitriles is 1. The van der Waals surface area contributed by atoms with Gasteiger partial charge in [-0.1, -0.05) is 54.6 Å². The number of para-hydroxylation sites is 1. The van der Waals surface area contributed by atoms with Gasteiger partial charge in [0.15, 0.2) is 17.2 Å². The summed E-state index contributed by atoms with van der Waals surface area (Å²) in [5.41, 5.74) is 2.99. The van der Waals surface area contributed by atoms with Gasteiger partial charge in [0.1, 0.15) is 0 Å². The molecule has 5 rings (SSSR count). The van der Waals surface area contributed by atoms with Crippen LogP contribution in [0.15, 0.2) is 83.7 Å². The first-order valence-electron chi connectivity index (χ1n) is 9.56. The van der Waals surface area contributed by atoms with E-state index < -0.39 is 5.66 Å². The lowest BCUT2D eigenvalue weighted by molar-refractivity contribution is 0.390. The number of benzene rings is 3. The van der Waals surface area contributed by atoms with Crippen LogP contribution < -0.4 is 10.9 Å². The summed E-state index contributed by atoms with van der Waals surface area (Å²) >= 11 is 0. The summed E-state index contributed by atoms with van der Waals surface area (Å²) in [4.78, 5) is 17.3. The van der Waals surface area contributed by atoms with E-state index in [2.05, 4.69) is 16.4 Å². The van der Waals surface area contributed by atoms with Gasteiger partial charge in [0.05, 0.1) is 11.6 Å². The highest BCUT2D eigenvalue weighted by molar-refractivity contribution is 5.77. The van der Waals surface area contributed by atoms with Gasteiger partial charge in [0.2, 0.25) is 0 Å². The van der Waals surface area contributed by atoms with Crippen molar-refractivity contribution < 1.29 is 0 Å². The van der Waals surface area contributed by atoms with Gasteiger partial charge in [-0.05, 0) is 36.8 Å². The lowest BCUT2D eigenvalue weighted by Crippen LogP contribution is -2.46. The molecule has 0 saturated carbocycles. The van der Waals surface area contributed by atoms with Crippen LogP contribution in [0.3, 0.4) is 0 Å². The lowest BCUT2D eigenvalue weighted by atomic mass is 9.95. The molecular formula is C24H17N5O. The second-order valence-electron chi connectivity index (χ2n) is 7.30. The zero-order valence-corrected chi connectivity index (χ0v) is 16.2. The third-order valence-corrected chi connectivity index (χ3v) is 5.40. The Bertz CT molecular complexity index is 1350. The Labute approximate surface area is 173 Å². The minimum atomic E-state index is -0.804. The summed E-state index contributed by atoms with van der Waals surface area (Å²) in [5.74, 6) is 0.501. The van der Waals surface area contributed by atoms with Crippen molar-refractivity contribution in [3.63, 3.8) is 0 Å². The molecule has 0 spiro atoms. The van der Waals surface area contributed by atoms with Gasteiger partial charge in [0, 0.05) is 16.8 Å². The maximum Gasteiger partial charge on any atom is 0.300 e. The largest absolute Gasteiger partial charge is 0.357 e. The highest BCUT2D eigenvalue weighted by Crippen LogP contribution is 2.39. The number of aromatic nitrogens is 3. The molecule has 2 heterocycles. The highest BCUT2D eigenvalue weighted by Gasteiger charge is 2.37. The smallest absolute Gasteiger partial charge is 0.300 e. The molecule has 6 nitrogen and oxygen atoms in total. The van der Waals surface area contributed by atoms with Gasteiger partial charge < -0.3 is 5.32 Å².